The van der Waals surface area contributed by atoms with Crippen LogP contribution in [-0.4, -0.2) is 20.1 Å². The van der Waals surface area contributed by atoms with Gasteiger partial charge in [0.25, 0.3) is 20.1 Å². The average Bonchev–Trinajstić information content (AvgIpc) is 3.43. The van der Waals surface area contributed by atoms with E-state index in [1.165, 1.54) is 94.7 Å². The van der Waals surface area contributed by atoms with Gasteiger partial charge in [-0.1, -0.05) is 103 Å². The normalized spacial score (nSPS) is 14.2. The molecule has 0 amide bonds. The molecule has 0 bridgehead atoms. The Morgan fingerprint density at radius 3 is 1.40 bits per heavy atom. The molecule has 0 spiro atoms. The monoisotopic (exact) mass is 962 g/mol. The van der Waals surface area contributed by atoms with Crippen LogP contribution in [0.3, 0.4) is 0 Å². The van der Waals surface area contributed by atoms with Crippen molar-refractivity contribution in [3.63, 3.8) is 0 Å². The summed E-state index contributed by atoms with van der Waals surface area (Å²) in [5.74, 6) is 3.43. The van der Waals surface area contributed by atoms with E-state index in [4.69, 9.17) is 9.47 Å². The highest BCUT2D eigenvalue weighted by atomic mass is 16.5. The van der Waals surface area contributed by atoms with Crippen molar-refractivity contribution in [2.75, 3.05) is 20.0 Å². The van der Waals surface area contributed by atoms with Gasteiger partial charge in [0.15, 0.2) is 0 Å². The minimum absolute atomic E-state index is 0.0192. The second-order valence-electron chi connectivity index (χ2n) is 21.7. The number of nitrogens with one attached hydrogen (secondary N) is 1. The molecule has 6 heterocycles. The summed E-state index contributed by atoms with van der Waals surface area (Å²) in [5.41, 5.74) is 31.1. The van der Waals surface area contributed by atoms with E-state index in [1.807, 2.05) is 0 Å². The summed E-state index contributed by atoms with van der Waals surface area (Å²) in [6, 6.07) is 67.9. The van der Waals surface area contributed by atoms with Crippen molar-refractivity contribution >= 4 is 132 Å². The van der Waals surface area contributed by atoms with Crippen LogP contribution in [0.5, 0.6) is 23.0 Å². The molecule has 0 saturated heterocycles. The fraction of sp³-hybridized carbons (Fsp3) is 0.0909. The summed E-state index contributed by atoms with van der Waals surface area (Å²) in [7, 11) is 0. The fourth-order valence-corrected chi connectivity index (χ4v) is 14.2. The third-order valence-electron chi connectivity index (χ3n) is 16.8. The zero-order valence-electron chi connectivity index (χ0n) is 42.7. The Morgan fingerprint density at radius 2 is 0.787 bits per heavy atom. The van der Waals surface area contributed by atoms with Crippen LogP contribution in [0.15, 0.2) is 182 Å². The van der Waals surface area contributed by atoms with Gasteiger partial charge < -0.3 is 29.5 Å². The van der Waals surface area contributed by atoms with Gasteiger partial charge in [-0.15, -0.1) is 0 Å². The Hall–Kier alpha value is -8.81. The maximum atomic E-state index is 7.32. The van der Waals surface area contributed by atoms with Gasteiger partial charge in [0, 0.05) is 74.5 Å². The van der Waals surface area contributed by atoms with Gasteiger partial charge in [0.2, 0.25) is 0 Å². The van der Waals surface area contributed by atoms with Crippen LogP contribution >= 0.6 is 0 Å². The number of ether oxygens (including phenoxy) is 2. The van der Waals surface area contributed by atoms with Crippen molar-refractivity contribution in [1.82, 2.24) is 0 Å². The molecule has 0 aliphatic carbocycles. The van der Waals surface area contributed by atoms with Gasteiger partial charge in [-0.05, 0) is 186 Å². The number of hydrogen-bond donors (Lipinski definition) is 1. The van der Waals surface area contributed by atoms with E-state index in [2.05, 4.69) is 244 Å². The van der Waals surface area contributed by atoms with Crippen LogP contribution in [0.4, 0.5) is 62.6 Å². The van der Waals surface area contributed by atoms with E-state index in [1.54, 1.807) is 0 Å². The molecule has 0 unspecified atom stereocenters. The molecule has 0 fully saturated rings. The zero-order chi connectivity index (χ0) is 50.1. The number of para-hydroxylation sites is 4. The zero-order valence-corrected chi connectivity index (χ0v) is 42.7. The van der Waals surface area contributed by atoms with E-state index >= 15 is 0 Å². The third kappa shape index (κ3) is 5.95. The highest BCUT2D eigenvalue weighted by Gasteiger charge is 2.49. The van der Waals surface area contributed by atoms with Crippen LogP contribution in [0.25, 0.3) is 0 Å². The van der Waals surface area contributed by atoms with E-state index in [-0.39, 0.29) is 20.1 Å². The van der Waals surface area contributed by atoms with Crippen molar-refractivity contribution in [2.24, 2.45) is 0 Å². The van der Waals surface area contributed by atoms with E-state index in [9.17, 15) is 0 Å². The topological polar surface area (TPSA) is 40.2 Å². The summed E-state index contributed by atoms with van der Waals surface area (Å²) < 4.78 is 14.5. The molecule has 354 valence electrons. The van der Waals surface area contributed by atoms with Crippen LogP contribution < -0.4 is 78.7 Å². The molecule has 0 saturated carbocycles. The first-order valence-corrected chi connectivity index (χ1v) is 26.3. The van der Waals surface area contributed by atoms with Crippen molar-refractivity contribution in [3.05, 3.63) is 215 Å². The third-order valence-corrected chi connectivity index (χ3v) is 16.8. The van der Waals surface area contributed by atoms with Crippen LogP contribution in [0.2, 0.25) is 0 Å². The minimum atomic E-state index is -0.174. The van der Waals surface area contributed by atoms with Crippen LogP contribution in [-0.2, 0) is 0 Å². The maximum Gasteiger partial charge on any atom is 0.260 e. The van der Waals surface area contributed by atoms with Gasteiger partial charge in [-0.3, -0.25) is 0 Å². The lowest BCUT2D eigenvalue weighted by Crippen LogP contribution is -2.65. The minimum Gasteiger partial charge on any atom is -0.458 e. The predicted molar refractivity (Wildman–Crippen MR) is 316 cm³/mol. The summed E-state index contributed by atoms with van der Waals surface area (Å²) in [6.45, 7) is 13.1. The molecule has 6 nitrogen and oxygen atoms in total. The maximum absolute atomic E-state index is 7.32. The largest absolute Gasteiger partial charge is 0.458 e. The van der Waals surface area contributed by atoms with Crippen molar-refractivity contribution in [2.45, 2.75) is 41.5 Å². The molecule has 75 heavy (non-hydrogen) atoms. The van der Waals surface area contributed by atoms with Gasteiger partial charge in [0.05, 0.1) is 5.69 Å². The molecular formula is C66H49B3N4O2. The molecule has 6 aliphatic rings. The molecule has 0 atom stereocenters. The summed E-state index contributed by atoms with van der Waals surface area (Å²) in [5, 5.41) is 3.98. The van der Waals surface area contributed by atoms with E-state index < -0.39 is 0 Å². The molecule has 16 rings (SSSR count). The highest BCUT2D eigenvalue weighted by molar-refractivity contribution is 7.03. The number of benzene rings is 10. The first-order chi connectivity index (χ1) is 36.6. The standard InChI is InChI=1S/C66H49B3N4O2/c1-37-25-41(5)66(42(6)26-37)73-55-36-60-50(34-48(55)68-46-22-14-16-24-54(46)72(44-19-11-8-12-20-44)57-29-39(3)30-58(73)64(57)68)69-49-33-47-51(35-59(49)74-61-31-40(4)32-62(75-60)65(61)69)70-52-27-38(2)28-56-63(52)67(47)45-21-13-15-23-53(45)71(56)43-17-9-7-10-18-43/h7-36,70H,1-6H3. The smallest absolute Gasteiger partial charge is 0.260 e. The van der Waals surface area contributed by atoms with Gasteiger partial charge in [-0.25, -0.2) is 0 Å². The second-order valence-corrected chi connectivity index (χ2v) is 21.7. The lowest BCUT2D eigenvalue weighted by Gasteiger charge is -2.45. The summed E-state index contributed by atoms with van der Waals surface area (Å²) >= 11 is 0. The van der Waals surface area contributed by atoms with Crippen LogP contribution in [0, 0.1) is 41.5 Å². The number of hydrogen-bond acceptors (Lipinski definition) is 6. The predicted octanol–water partition coefficient (Wildman–Crippen LogP) is 10.7. The first-order valence-electron chi connectivity index (χ1n) is 26.3. The number of anilines is 11. The number of rotatable bonds is 3. The van der Waals surface area contributed by atoms with Gasteiger partial charge in [-0.2, -0.15) is 0 Å². The molecule has 0 aromatic heterocycles. The SMILES string of the molecule is Cc1cc(C)c(N2c3cc4c(cc3B3c5ccccc5N(c5ccccc5)c5cc(C)cc2c53)B2c3cc5c(cc3Oc3cc(C)cc(c32)O4)Nc2cc(C)cc3c2B5c2ccccc2N3c2ccccc2)c(C)c1. The molecule has 0 radical (unpaired) electrons. The van der Waals surface area contributed by atoms with Crippen LogP contribution in [0.1, 0.15) is 33.4 Å². The Kier molecular flexibility index (Phi) is 8.75. The number of nitrogens with zero attached hydrogens (tertiary/aromatic N) is 3. The highest BCUT2D eigenvalue weighted by Crippen LogP contribution is 2.48. The molecule has 10 aromatic carbocycles. The van der Waals surface area contributed by atoms with Crippen molar-refractivity contribution < 1.29 is 9.47 Å². The van der Waals surface area contributed by atoms with E-state index in [0.29, 0.717) is 0 Å². The lowest BCUT2D eigenvalue weighted by molar-refractivity contribution is 0.464. The number of fused-ring (bicyclic) bond motifs is 12. The Bertz CT molecular complexity index is 4160. The molecule has 1 N–H and O–H groups in total. The van der Waals surface area contributed by atoms with Gasteiger partial charge >= 0.3 is 0 Å². The molecule has 6 aliphatic heterocycles. The lowest BCUT2D eigenvalue weighted by atomic mass is 9.29. The molecule has 9 heteroatoms. The number of aryl methyl sites for hydroxylation is 6. The quantitative estimate of drug-likeness (QED) is 0.178. The Morgan fingerprint density at radius 1 is 0.320 bits per heavy atom. The summed E-state index contributed by atoms with van der Waals surface area (Å²) in [6.07, 6.45) is 0. The average molecular weight is 963 g/mol. The Balaban J connectivity index is 0.955. The van der Waals surface area contributed by atoms with Gasteiger partial charge in [0.1, 0.15) is 23.0 Å². The van der Waals surface area contributed by atoms with Crippen molar-refractivity contribution in [3.8, 4) is 23.0 Å². The van der Waals surface area contributed by atoms with E-state index in [0.717, 1.165) is 73.4 Å². The Labute approximate surface area is 439 Å². The summed E-state index contributed by atoms with van der Waals surface area (Å²) in [4.78, 5) is 7.50. The molecule has 10 aromatic rings. The van der Waals surface area contributed by atoms with Crippen molar-refractivity contribution in [1.29, 1.82) is 0 Å². The first kappa shape index (κ1) is 42.7. The fourth-order valence-electron chi connectivity index (χ4n) is 14.2. The second kappa shape index (κ2) is 15.4. The molecular weight excluding hydrogens is 913 g/mol.